The number of carbonyl (C=O) groups is 2. The molecule has 2 saturated heterocycles. The van der Waals surface area contributed by atoms with Gasteiger partial charge in [-0.15, -0.1) is 0 Å². The molecule has 0 aliphatic carbocycles. The van der Waals surface area contributed by atoms with Gasteiger partial charge in [0, 0.05) is 11.9 Å². The molecule has 0 aromatic heterocycles. The molecule has 20 heavy (non-hydrogen) atoms. The minimum Gasteiger partial charge on any atom is -0.550 e. The van der Waals surface area contributed by atoms with Crippen molar-refractivity contribution in [2.75, 3.05) is 5.32 Å². The largest absolute Gasteiger partial charge is 0.550 e. The van der Waals surface area contributed by atoms with Gasteiger partial charge in [-0.3, -0.25) is 4.79 Å². The molecule has 2 aliphatic heterocycles. The number of para-hydroxylation sites is 1. The van der Waals surface area contributed by atoms with Crippen LogP contribution in [0.2, 0.25) is 5.02 Å². The lowest BCUT2D eigenvalue weighted by Crippen LogP contribution is -2.46. The fourth-order valence-corrected chi connectivity index (χ4v) is 3.27. The summed E-state index contributed by atoms with van der Waals surface area (Å²) in [4.78, 5) is 23.6. The summed E-state index contributed by atoms with van der Waals surface area (Å²) in [5.41, 5.74) is 0.471. The van der Waals surface area contributed by atoms with Gasteiger partial charge in [0.1, 0.15) is 0 Å². The maximum absolute atomic E-state index is 12.3. The first-order chi connectivity index (χ1) is 9.58. The minimum absolute atomic E-state index is 0.342. The predicted octanol–water partition coefficient (Wildman–Crippen LogP) is 0.822. The Labute approximate surface area is 120 Å². The van der Waals surface area contributed by atoms with Crippen molar-refractivity contribution in [1.82, 2.24) is 0 Å². The third kappa shape index (κ3) is 2.17. The normalized spacial score (nSPS) is 31.2. The second-order valence-electron chi connectivity index (χ2n) is 5.13. The first kappa shape index (κ1) is 13.4. The number of fused-ring (bicyclic) bond motifs is 2. The Morgan fingerprint density at radius 2 is 1.85 bits per heavy atom. The number of hydrogen-bond acceptors (Lipinski definition) is 4. The standard InChI is InChI=1S/C14H14ClNO4/c15-7-3-1-2-4-8(7)16-13(17)11-9-5-6-10(20-9)12(11)14(18)19/h1-4,9-12H,5-6H2,(H,16,17)(H,18,19)/p-1/t9-,10+,11+,12+/m1/s1. The zero-order chi connectivity index (χ0) is 14.3. The molecular weight excluding hydrogens is 282 g/mol. The maximum Gasteiger partial charge on any atom is 0.230 e. The quantitative estimate of drug-likeness (QED) is 0.895. The highest BCUT2D eigenvalue weighted by atomic mass is 35.5. The zero-order valence-corrected chi connectivity index (χ0v) is 11.3. The van der Waals surface area contributed by atoms with Gasteiger partial charge < -0.3 is 20.0 Å². The molecular formula is C14H13ClNO4-. The molecule has 2 heterocycles. The van der Waals surface area contributed by atoms with Crippen LogP contribution < -0.4 is 10.4 Å². The number of carboxylic acids is 1. The van der Waals surface area contributed by atoms with E-state index in [1.165, 1.54) is 0 Å². The van der Waals surface area contributed by atoms with Gasteiger partial charge in [-0.25, -0.2) is 0 Å². The van der Waals surface area contributed by atoms with Crippen LogP contribution in [0.1, 0.15) is 12.8 Å². The van der Waals surface area contributed by atoms with Crippen molar-refractivity contribution in [1.29, 1.82) is 0 Å². The lowest BCUT2D eigenvalue weighted by Gasteiger charge is -2.27. The van der Waals surface area contributed by atoms with E-state index in [1.807, 2.05) is 0 Å². The lowest BCUT2D eigenvalue weighted by atomic mass is 9.78. The SMILES string of the molecule is O=C([O-])[C@@H]1[C@@H](C(=O)Nc2ccccc2Cl)[C@H]2CC[C@@H]1O2. The number of ether oxygens (including phenoxy) is 1. The van der Waals surface area contributed by atoms with Gasteiger partial charge in [-0.2, -0.15) is 0 Å². The minimum atomic E-state index is -1.23. The summed E-state index contributed by atoms with van der Waals surface area (Å²) in [6.45, 7) is 0. The van der Waals surface area contributed by atoms with Crippen molar-refractivity contribution in [2.45, 2.75) is 25.0 Å². The smallest absolute Gasteiger partial charge is 0.230 e. The van der Waals surface area contributed by atoms with E-state index in [1.54, 1.807) is 24.3 Å². The Morgan fingerprint density at radius 3 is 2.50 bits per heavy atom. The highest BCUT2D eigenvalue weighted by Crippen LogP contribution is 2.43. The highest BCUT2D eigenvalue weighted by Gasteiger charge is 2.52. The number of anilines is 1. The Bertz CT molecular complexity index is 562. The van der Waals surface area contributed by atoms with Gasteiger partial charge in [0.25, 0.3) is 0 Å². The summed E-state index contributed by atoms with van der Waals surface area (Å²) in [6, 6.07) is 6.82. The van der Waals surface area contributed by atoms with E-state index in [2.05, 4.69) is 5.32 Å². The number of amides is 1. The average molecular weight is 295 g/mol. The fourth-order valence-electron chi connectivity index (χ4n) is 3.09. The number of carboxylic acid groups (broad SMARTS) is 1. The van der Waals surface area contributed by atoms with E-state index in [0.29, 0.717) is 23.6 Å². The number of hydrogen-bond donors (Lipinski definition) is 1. The Hall–Kier alpha value is -1.59. The van der Waals surface area contributed by atoms with E-state index >= 15 is 0 Å². The topological polar surface area (TPSA) is 78.5 Å². The van der Waals surface area contributed by atoms with E-state index in [4.69, 9.17) is 16.3 Å². The third-order valence-corrected chi connectivity index (χ3v) is 4.31. The molecule has 1 aromatic carbocycles. The number of halogens is 1. The molecule has 2 bridgehead atoms. The second kappa shape index (κ2) is 5.07. The van der Waals surface area contributed by atoms with Gasteiger partial charge in [-0.1, -0.05) is 23.7 Å². The molecule has 0 spiro atoms. The Balaban J connectivity index is 1.80. The molecule has 3 rings (SSSR count). The molecule has 5 nitrogen and oxygen atoms in total. The lowest BCUT2D eigenvalue weighted by molar-refractivity contribution is -0.313. The van der Waals surface area contributed by atoms with Gasteiger partial charge in [0.15, 0.2) is 0 Å². The summed E-state index contributed by atoms with van der Waals surface area (Å²) in [6.07, 6.45) is 0.617. The number of carbonyl (C=O) groups excluding carboxylic acids is 2. The number of nitrogens with one attached hydrogen (secondary N) is 1. The summed E-state index contributed by atoms with van der Waals surface area (Å²) in [7, 11) is 0. The van der Waals surface area contributed by atoms with Gasteiger partial charge in [0.05, 0.1) is 28.8 Å². The zero-order valence-electron chi connectivity index (χ0n) is 10.5. The monoisotopic (exact) mass is 294 g/mol. The van der Waals surface area contributed by atoms with Crippen LogP contribution >= 0.6 is 11.6 Å². The molecule has 1 N–H and O–H groups in total. The molecule has 0 radical (unpaired) electrons. The molecule has 1 aromatic rings. The van der Waals surface area contributed by atoms with Crippen LogP contribution in [-0.4, -0.2) is 24.1 Å². The van der Waals surface area contributed by atoms with Crippen LogP contribution in [-0.2, 0) is 14.3 Å². The van der Waals surface area contributed by atoms with Crippen molar-refractivity contribution < 1.29 is 19.4 Å². The van der Waals surface area contributed by atoms with Crippen molar-refractivity contribution in [3.8, 4) is 0 Å². The van der Waals surface area contributed by atoms with Gasteiger partial charge >= 0.3 is 0 Å². The highest BCUT2D eigenvalue weighted by molar-refractivity contribution is 6.33. The van der Waals surface area contributed by atoms with Crippen LogP contribution in [0.25, 0.3) is 0 Å². The molecule has 6 heteroatoms. The summed E-state index contributed by atoms with van der Waals surface area (Å²) in [5.74, 6) is -3.19. The van der Waals surface area contributed by atoms with Crippen molar-refractivity contribution in [2.24, 2.45) is 11.8 Å². The fraction of sp³-hybridized carbons (Fsp3) is 0.429. The van der Waals surface area contributed by atoms with Crippen molar-refractivity contribution >= 4 is 29.2 Å². The van der Waals surface area contributed by atoms with E-state index in [-0.39, 0.29) is 12.0 Å². The van der Waals surface area contributed by atoms with Crippen molar-refractivity contribution in [3.05, 3.63) is 29.3 Å². The van der Waals surface area contributed by atoms with E-state index in [0.717, 1.165) is 0 Å². The first-order valence-electron chi connectivity index (χ1n) is 6.49. The van der Waals surface area contributed by atoms with Crippen LogP contribution in [0.5, 0.6) is 0 Å². The number of rotatable bonds is 3. The van der Waals surface area contributed by atoms with Gasteiger partial charge in [-0.05, 0) is 25.0 Å². The van der Waals surface area contributed by atoms with Crippen LogP contribution in [0.3, 0.4) is 0 Å². The molecule has 2 aliphatic rings. The molecule has 2 fully saturated rings. The van der Waals surface area contributed by atoms with Crippen LogP contribution in [0, 0.1) is 11.8 Å². The second-order valence-corrected chi connectivity index (χ2v) is 5.54. The van der Waals surface area contributed by atoms with Crippen LogP contribution in [0.15, 0.2) is 24.3 Å². The molecule has 106 valence electrons. The first-order valence-corrected chi connectivity index (χ1v) is 6.87. The Morgan fingerprint density at radius 1 is 1.20 bits per heavy atom. The predicted molar refractivity (Wildman–Crippen MR) is 70.0 cm³/mol. The average Bonchev–Trinajstić information content (AvgIpc) is 3.01. The Kier molecular flexibility index (Phi) is 3.40. The molecule has 0 unspecified atom stereocenters. The molecule has 4 atom stereocenters. The maximum atomic E-state index is 12.3. The van der Waals surface area contributed by atoms with Crippen LogP contribution in [0.4, 0.5) is 5.69 Å². The molecule has 1 amide bonds. The summed E-state index contributed by atoms with van der Waals surface area (Å²) in [5, 5.41) is 14.3. The third-order valence-electron chi connectivity index (χ3n) is 3.98. The van der Waals surface area contributed by atoms with E-state index in [9.17, 15) is 14.7 Å². The summed E-state index contributed by atoms with van der Waals surface area (Å²) >= 11 is 5.98. The summed E-state index contributed by atoms with van der Waals surface area (Å²) < 4.78 is 5.53. The van der Waals surface area contributed by atoms with Crippen molar-refractivity contribution in [3.63, 3.8) is 0 Å². The molecule has 0 saturated carbocycles. The van der Waals surface area contributed by atoms with E-state index < -0.39 is 23.9 Å². The number of aliphatic carboxylic acids is 1. The number of benzene rings is 1. The van der Waals surface area contributed by atoms with Gasteiger partial charge in [0.2, 0.25) is 5.91 Å².